The molecule has 0 aliphatic rings. The highest BCUT2D eigenvalue weighted by Gasteiger charge is 2.21. The third kappa shape index (κ3) is 2.44. The number of phenols is 1. The molecule has 2 aromatic rings. The van der Waals surface area contributed by atoms with E-state index >= 15 is 0 Å². The lowest BCUT2D eigenvalue weighted by molar-refractivity contribution is -0.385. The molecule has 0 saturated carbocycles. The second kappa shape index (κ2) is 5.00. The molecule has 0 unspecified atom stereocenters. The zero-order chi connectivity index (χ0) is 14.9. The van der Waals surface area contributed by atoms with Gasteiger partial charge >= 0.3 is 5.69 Å². The molecular formula is C12H12N4O4. The van der Waals surface area contributed by atoms with Crippen molar-refractivity contribution in [2.75, 3.05) is 5.32 Å². The number of aryl methyl sites for hydroxylation is 2. The summed E-state index contributed by atoms with van der Waals surface area (Å²) in [7, 11) is 1.65. The van der Waals surface area contributed by atoms with Crippen LogP contribution in [0.15, 0.2) is 24.3 Å². The van der Waals surface area contributed by atoms with E-state index in [4.69, 9.17) is 0 Å². The Bertz CT molecular complexity index is 693. The molecule has 0 saturated heterocycles. The molecule has 2 N–H and O–H groups in total. The first-order chi connectivity index (χ1) is 9.40. The van der Waals surface area contributed by atoms with Crippen molar-refractivity contribution in [2.24, 2.45) is 7.05 Å². The van der Waals surface area contributed by atoms with Gasteiger partial charge in [-0.15, -0.1) is 0 Å². The summed E-state index contributed by atoms with van der Waals surface area (Å²) >= 11 is 0. The Hall–Kier alpha value is -2.90. The van der Waals surface area contributed by atoms with Crippen LogP contribution in [0.4, 0.5) is 11.5 Å². The Kier molecular flexibility index (Phi) is 3.38. The summed E-state index contributed by atoms with van der Waals surface area (Å²) in [6.45, 7) is 1.76. The minimum atomic E-state index is -0.750. The van der Waals surface area contributed by atoms with Gasteiger partial charge in [-0.25, -0.2) is 0 Å². The van der Waals surface area contributed by atoms with E-state index in [1.807, 2.05) is 0 Å². The number of anilines is 1. The van der Waals surface area contributed by atoms with Gasteiger partial charge in [0.25, 0.3) is 5.91 Å². The second-order valence-corrected chi connectivity index (χ2v) is 4.18. The van der Waals surface area contributed by atoms with E-state index in [1.54, 1.807) is 20.0 Å². The van der Waals surface area contributed by atoms with E-state index in [1.165, 1.54) is 16.8 Å². The van der Waals surface area contributed by atoms with Crippen molar-refractivity contribution in [1.82, 2.24) is 9.78 Å². The number of aromatic nitrogens is 2. The molecule has 8 nitrogen and oxygen atoms in total. The number of nitrogens with zero attached hydrogens (tertiary/aromatic N) is 3. The van der Waals surface area contributed by atoms with Gasteiger partial charge in [0.05, 0.1) is 16.2 Å². The molecule has 0 bridgehead atoms. The monoisotopic (exact) mass is 276 g/mol. The van der Waals surface area contributed by atoms with E-state index in [-0.39, 0.29) is 5.56 Å². The van der Waals surface area contributed by atoms with Crippen molar-refractivity contribution in [2.45, 2.75) is 6.92 Å². The summed E-state index contributed by atoms with van der Waals surface area (Å²) in [6.07, 6.45) is 0. The zero-order valence-electron chi connectivity index (χ0n) is 10.8. The molecule has 104 valence electrons. The first kappa shape index (κ1) is 13.5. The molecular weight excluding hydrogens is 264 g/mol. The van der Waals surface area contributed by atoms with E-state index in [9.17, 15) is 20.0 Å². The Morgan fingerprint density at radius 1 is 1.50 bits per heavy atom. The average molecular weight is 276 g/mol. The summed E-state index contributed by atoms with van der Waals surface area (Å²) in [5, 5.41) is 27.1. The van der Waals surface area contributed by atoms with Crippen LogP contribution in [0, 0.1) is 17.0 Å². The standard InChI is InChI=1S/C12H12N4O4/c1-7-6-10(15(2)14-7)13-12(18)8-4-3-5-9(11(8)17)16(19)20/h3-6,17H,1-2H3,(H,13,18). The number of carbonyl (C=O) groups is 1. The van der Waals surface area contributed by atoms with Gasteiger partial charge in [0.1, 0.15) is 5.82 Å². The van der Waals surface area contributed by atoms with Gasteiger partial charge < -0.3 is 10.4 Å². The number of hydrogen-bond donors (Lipinski definition) is 2. The topological polar surface area (TPSA) is 110 Å². The molecule has 0 aliphatic heterocycles. The van der Waals surface area contributed by atoms with E-state index in [0.29, 0.717) is 11.5 Å². The fourth-order valence-corrected chi connectivity index (χ4v) is 1.77. The Balaban J connectivity index is 2.32. The molecule has 1 aromatic heterocycles. The predicted molar refractivity (Wildman–Crippen MR) is 70.7 cm³/mol. The fraction of sp³-hybridized carbons (Fsp3) is 0.167. The van der Waals surface area contributed by atoms with Crippen molar-refractivity contribution in [3.05, 3.63) is 45.6 Å². The second-order valence-electron chi connectivity index (χ2n) is 4.18. The first-order valence-corrected chi connectivity index (χ1v) is 5.68. The van der Waals surface area contributed by atoms with Crippen LogP contribution in [-0.2, 0) is 7.05 Å². The van der Waals surface area contributed by atoms with Crippen LogP contribution >= 0.6 is 0 Å². The van der Waals surface area contributed by atoms with Crippen molar-refractivity contribution in [3.63, 3.8) is 0 Å². The van der Waals surface area contributed by atoms with Crippen LogP contribution in [0.3, 0.4) is 0 Å². The normalized spacial score (nSPS) is 10.3. The van der Waals surface area contributed by atoms with Crippen LogP contribution in [-0.4, -0.2) is 25.7 Å². The fourth-order valence-electron chi connectivity index (χ4n) is 1.77. The zero-order valence-corrected chi connectivity index (χ0v) is 10.8. The summed E-state index contributed by atoms with van der Waals surface area (Å²) in [5.41, 5.74) is 0.0305. The predicted octanol–water partition coefficient (Wildman–Crippen LogP) is 1.59. The number of phenolic OH excluding ortho intramolecular Hbond substituents is 1. The number of para-hydroxylation sites is 1. The smallest absolute Gasteiger partial charge is 0.311 e. The van der Waals surface area contributed by atoms with Crippen LogP contribution in [0.25, 0.3) is 0 Å². The Morgan fingerprint density at radius 2 is 2.20 bits per heavy atom. The maximum Gasteiger partial charge on any atom is 0.311 e. The number of rotatable bonds is 3. The summed E-state index contributed by atoms with van der Waals surface area (Å²) in [6, 6.07) is 5.41. The number of nitro groups is 1. The van der Waals surface area contributed by atoms with Crippen LogP contribution in [0.2, 0.25) is 0 Å². The molecule has 0 radical (unpaired) electrons. The number of nitrogens with one attached hydrogen (secondary N) is 1. The highest BCUT2D eigenvalue weighted by atomic mass is 16.6. The average Bonchev–Trinajstić information content (AvgIpc) is 2.67. The first-order valence-electron chi connectivity index (χ1n) is 5.68. The Morgan fingerprint density at radius 3 is 2.75 bits per heavy atom. The quantitative estimate of drug-likeness (QED) is 0.653. The number of benzene rings is 1. The molecule has 20 heavy (non-hydrogen) atoms. The van der Waals surface area contributed by atoms with Gasteiger partial charge in [-0.05, 0) is 13.0 Å². The van der Waals surface area contributed by atoms with Crippen molar-refractivity contribution in [1.29, 1.82) is 0 Å². The van der Waals surface area contributed by atoms with Crippen molar-refractivity contribution < 1.29 is 14.8 Å². The molecule has 2 rings (SSSR count). The third-order valence-electron chi connectivity index (χ3n) is 2.70. The molecule has 0 atom stereocenters. The largest absolute Gasteiger partial charge is 0.502 e. The molecule has 0 spiro atoms. The molecule has 1 aromatic carbocycles. The number of carbonyl (C=O) groups excluding carboxylic acids is 1. The SMILES string of the molecule is Cc1cc(NC(=O)c2cccc([N+](=O)[O-])c2O)n(C)n1. The van der Waals surface area contributed by atoms with Crippen molar-refractivity contribution >= 4 is 17.4 Å². The molecule has 8 heteroatoms. The number of amides is 1. The van der Waals surface area contributed by atoms with Crippen LogP contribution < -0.4 is 5.32 Å². The Labute approximate surface area is 113 Å². The molecule has 0 aliphatic carbocycles. The number of nitro benzene ring substituents is 1. The van der Waals surface area contributed by atoms with Crippen LogP contribution in [0.1, 0.15) is 16.1 Å². The van der Waals surface area contributed by atoms with E-state index in [0.717, 1.165) is 6.07 Å². The minimum Gasteiger partial charge on any atom is -0.502 e. The summed E-state index contributed by atoms with van der Waals surface area (Å²) in [5.74, 6) is -0.874. The molecule has 1 amide bonds. The number of hydrogen-bond acceptors (Lipinski definition) is 5. The van der Waals surface area contributed by atoms with E-state index < -0.39 is 22.3 Å². The minimum absolute atomic E-state index is 0.168. The highest BCUT2D eigenvalue weighted by Crippen LogP contribution is 2.29. The van der Waals surface area contributed by atoms with Gasteiger partial charge in [-0.3, -0.25) is 19.6 Å². The lowest BCUT2D eigenvalue weighted by Crippen LogP contribution is -2.15. The van der Waals surface area contributed by atoms with Crippen molar-refractivity contribution in [3.8, 4) is 5.75 Å². The maximum absolute atomic E-state index is 12.0. The van der Waals surface area contributed by atoms with Gasteiger partial charge in [0.15, 0.2) is 0 Å². The highest BCUT2D eigenvalue weighted by molar-refractivity contribution is 6.06. The lowest BCUT2D eigenvalue weighted by Gasteiger charge is -2.06. The third-order valence-corrected chi connectivity index (χ3v) is 2.70. The van der Waals surface area contributed by atoms with E-state index in [2.05, 4.69) is 10.4 Å². The number of aromatic hydroxyl groups is 1. The van der Waals surface area contributed by atoms with Crippen LogP contribution in [0.5, 0.6) is 5.75 Å². The molecule has 0 fully saturated rings. The molecule has 1 heterocycles. The van der Waals surface area contributed by atoms with Gasteiger partial charge in [0, 0.05) is 19.2 Å². The van der Waals surface area contributed by atoms with Gasteiger partial charge in [-0.1, -0.05) is 6.07 Å². The van der Waals surface area contributed by atoms with Gasteiger partial charge in [0.2, 0.25) is 5.75 Å². The van der Waals surface area contributed by atoms with Gasteiger partial charge in [-0.2, -0.15) is 5.10 Å². The maximum atomic E-state index is 12.0. The summed E-state index contributed by atoms with van der Waals surface area (Å²) in [4.78, 5) is 22.0. The summed E-state index contributed by atoms with van der Waals surface area (Å²) < 4.78 is 1.46. The lowest BCUT2D eigenvalue weighted by atomic mass is 10.1.